The molecule has 2 aromatic carbocycles. The maximum absolute atomic E-state index is 13.0. The normalized spacial score (nSPS) is 14.3. The van der Waals surface area contributed by atoms with Gasteiger partial charge < -0.3 is 15.5 Å². The standard InChI is InChI=1S/C27H28N6O2/c1-19-17-25(22-6-2-3-7-24(22)30-19)31-27(35)29-11-12-32-13-15-33(16-14-32)26(34)21-8-9-23-20(18-21)5-4-10-28-23/h2-10,17-18H,11-16H2,1H3,(H2,29,30,31,35). The summed E-state index contributed by atoms with van der Waals surface area (Å²) in [6.45, 7) is 6.05. The van der Waals surface area contributed by atoms with Crippen LogP contribution in [0, 0.1) is 6.92 Å². The van der Waals surface area contributed by atoms with Crippen molar-refractivity contribution in [3.63, 3.8) is 0 Å². The highest BCUT2D eigenvalue weighted by atomic mass is 16.2. The summed E-state index contributed by atoms with van der Waals surface area (Å²) in [4.78, 5) is 38.4. The first-order valence-electron chi connectivity index (χ1n) is 11.8. The summed E-state index contributed by atoms with van der Waals surface area (Å²) in [6, 6.07) is 18.9. The van der Waals surface area contributed by atoms with Crippen molar-refractivity contribution in [1.82, 2.24) is 25.1 Å². The minimum Gasteiger partial charge on any atom is -0.337 e. The fourth-order valence-electron chi connectivity index (χ4n) is 4.47. The van der Waals surface area contributed by atoms with Gasteiger partial charge in [-0.25, -0.2) is 4.79 Å². The van der Waals surface area contributed by atoms with Crippen molar-refractivity contribution in [3.05, 3.63) is 78.1 Å². The number of aromatic nitrogens is 2. The monoisotopic (exact) mass is 468 g/mol. The van der Waals surface area contributed by atoms with Gasteiger partial charge in [0.25, 0.3) is 5.91 Å². The number of aryl methyl sites for hydroxylation is 1. The number of nitrogens with zero attached hydrogens (tertiary/aromatic N) is 4. The van der Waals surface area contributed by atoms with Crippen molar-refractivity contribution in [2.45, 2.75) is 6.92 Å². The van der Waals surface area contributed by atoms with Crippen molar-refractivity contribution in [2.24, 2.45) is 0 Å². The Morgan fingerprint density at radius 1 is 0.943 bits per heavy atom. The van der Waals surface area contributed by atoms with Crippen LogP contribution >= 0.6 is 0 Å². The predicted octanol–water partition coefficient (Wildman–Crippen LogP) is 3.67. The predicted molar refractivity (Wildman–Crippen MR) is 138 cm³/mol. The number of urea groups is 1. The van der Waals surface area contributed by atoms with Crippen LogP contribution in [0.25, 0.3) is 21.8 Å². The van der Waals surface area contributed by atoms with Crippen LogP contribution in [0.4, 0.5) is 10.5 Å². The number of nitrogens with one attached hydrogen (secondary N) is 2. The van der Waals surface area contributed by atoms with E-state index in [1.165, 1.54) is 0 Å². The highest BCUT2D eigenvalue weighted by Gasteiger charge is 2.22. The Hall–Kier alpha value is -4.04. The van der Waals surface area contributed by atoms with Crippen LogP contribution < -0.4 is 10.6 Å². The summed E-state index contributed by atoms with van der Waals surface area (Å²) in [7, 11) is 0. The summed E-state index contributed by atoms with van der Waals surface area (Å²) in [6.07, 6.45) is 1.75. The molecule has 0 bridgehead atoms. The van der Waals surface area contributed by atoms with Crippen LogP contribution in [0.3, 0.4) is 0 Å². The summed E-state index contributed by atoms with van der Waals surface area (Å²) >= 11 is 0. The van der Waals surface area contributed by atoms with E-state index in [0.29, 0.717) is 25.2 Å². The molecule has 1 aliphatic heterocycles. The molecule has 1 aliphatic rings. The molecule has 3 heterocycles. The number of carbonyl (C=O) groups is 2. The number of hydrogen-bond donors (Lipinski definition) is 2. The lowest BCUT2D eigenvalue weighted by molar-refractivity contribution is 0.0639. The number of rotatable bonds is 5. The topological polar surface area (TPSA) is 90.5 Å². The number of benzene rings is 2. The van der Waals surface area contributed by atoms with Gasteiger partial charge in [0.2, 0.25) is 0 Å². The number of pyridine rings is 2. The van der Waals surface area contributed by atoms with Crippen LogP contribution in [-0.2, 0) is 0 Å². The van der Waals surface area contributed by atoms with Gasteiger partial charge in [-0.3, -0.25) is 19.7 Å². The van der Waals surface area contributed by atoms with Crippen molar-refractivity contribution in [1.29, 1.82) is 0 Å². The molecule has 1 fully saturated rings. The number of carbonyl (C=O) groups excluding carboxylic acids is 2. The maximum atomic E-state index is 13.0. The van der Waals surface area contributed by atoms with E-state index in [4.69, 9.17) is 0 Å². The molecule has 2 aromatic heterocycles. The number of anilines is 1. The van der Waals surface area contributed by atoms with E-state index in [1.807, 2.05) is 72.5 Å². The van der Waals surface area contributed by atoms with Crippen LogP contribution in [0.15, 0.2) is 66.9 Å². The van der Waals surface area contributed by atoms with Crippen molar-refractivity contribution >= 4 is 39.4 Å². The van der Waals surface area contributed by atoms with Crippen LogP contribution in [-0.4, -0.2) is 71.0 Å². The minimum absolute atomic E-state index is 0.0489. The number of hydrogen-bond acceptors (Lipinski definition) is 5. The zero-order chi connectivity index (χ0) is 24.2. The second kappa shape index (κ2) is 10.1. The van der Waals surface area contributed by atoms with Crippen LogP contribution in [0.2, 0.25) is 0 Å². The largest absolute Gasteiger partial charge is 0.337 e. The lowest BCUT2D eigenvalue weighted by Gasteiger charge is -2.34. The highest BCUT2D eigenvalue weighted by Crippen LogP contribution is 2.22. The molecule has 8 nitrogen and oxygen atoms in total. The van der Waals surface area contributed by atoms with Gasteiger partial charge >= 0.3 is 6.03 Å². The average Bonchev–Trinajstić information content (AvgIpc) is 2.88. The number of fused-ring (bicyclic) bond motifs is 2. The molecule has 1 saturated heterocycles. The van der Waals surface area contributed by atoms with Gasteiger partial charge in [-0.05, 0) is 43.3 Å². The van der Waals surface area contributed by atoms with E-state index in [1.54, 1.807) is 6.20 Å². The van der Waals surface area contributed by atoms with Gasteiger partial charge in [-0.2, -0.15) is 0 Å². The van der Waals surface area contributed by atoms with E-state index in [-0.39, 0.29) is 11.9 Å². The first-order chi connectivity index (χ1) is 17.1. The smallest absolute Gasteiger partial charge is 0.319 e. The number of piperazine rings is 1. The second-order valence-electron chi connectivity index (χ2n) is 8.75. The Morgan fingerprint density at radius 3 is 2.63 bits per heavy atom. The van der Waals surface area contributed by atoms with Gasteiger partial charge in [-0.15, -0.1) is 0 Å². The van der Waals surface area contributed by atoms with E-state index in [9.17, 15) is 9.59 Å². The van der Waals surface area contributed by atoms with Gasteiger partial charge in [0, 0.05) is 67.5 Å². The Kier molecular flexibility index (Phi) is 6.54. The third kappa shape index (κ3) is 5.22. The van der Waals surface area contributed by atoms with Crippen LogP contribution in [0.1, 0.15) is 16.1 Å². The van der Waals surface area contributed by atoms with E-state index < -0.39 is 0 Å². The van der Waals surface area contributed by atoms with E-state index in [2.05, 4.69) is 25.5 Å². The molecule has 8 heteroatoms. The van der Waals surface area contributed by atoms with Crippen molar-refractivity contribution < 1.29 is 9.59 Å². The molecule has 0 unspecified atom stereocenters. The zero-order valence-electron chi connectivity index (χ0n) is 19.7. The molecule has 2 N–H and O–H groups in total. The van der Waals surface area contributed by atoms with E-state index in [0.717, 1.165) is 52.8 Å². The first kappa shape index (κ1) is 22.7. The molecule has 0 radical (unpaired) electrons. The molecular weight excluding hydrogens is 440 g/mol. The van der Waals surface area contributed by atoms with Crippen molar-refractivity contribution in [2.75, 3.05) is 44.6 Å². The Morgan fingerprint density at radius 2 is 1.77 bits per heavy atom. The Bertz CT molecular complexity index is 1380. The lowest BCUT2D eigenvalue weighted by atomic mass is 10.1. The van der Waals surface area contributed by atoms with Crippen molar-refractivity contribution in [3.8, 4) is 0 Å². The highest BCUT2D eigenvalue weighted by molar-refractivity contribution is 6.00. The van der Waals surface area contributed by atoms with Gasteiger partial charge in [0.05, 0.1) is 16.7 Å². The SMILES string of the molecule is Cc1cc(NC(=O)NCCN2CCN(C(=O)c3ccc4ncccc4c3)CC2)c2ccccc2n1. The van der Waals surface area contributed by atoms with E-state index >= 15 is 0 Å². The minimum atomic E-state index is -0.236. The number of amides is 3. The molecule has 4 aromatic rings. The quantitative estimate of drug-likeness (QED) is 0.466. The molecule has 0 atom stereocenters. The summed E-state index contributed by atoms with van der Waals surface area (Å²) in [5, 5.41) is 7.77. The second-order valence-corrected chi connectivity index (χ2v) is 8.75. The summed E-state index contributed by atoms with van der Waals surface area (Å²) < 4.78 is 0. The van der Waals surface area contributed by atoms with Gasteiger partial charge in [0.15, 0.2) is 0 Å². The maximum Gasteiger partial charge on any atom is 0.319 e. The molecule has 0 saturated carbocycles. The molecule has 5 rings (SSSR count). The molecule has 0 aliphatic carbocycles. The fraction of sp³-hybridized carbons (Fsp3) is 0.259. The van der Waals surface area contributed by atoms with Gasteiger partial charge in [-0.1, -0.05) is 24.3 Å². The third-order valence-corrected chi connectivity index (χ3v) is 6.32. The molecule has 0 spiro atoms. The lowest BCUT2D eigenvalue weighted by Crippen LogP contribution is -2.50. The summed E-state index contributed by atoms with van der Waals surface area (Å²) in [5.41, 5.74) is 4.04. The number of para-hydroxylation sites is 1. The summed E-state index contributed by atoms with van der Waals surface area (Å²) in [5.74, 6) is 0.0489. The van der Waals surface area contributed by atoms with Gasteiger partial charge in [0.1, 0.15) is 0 Å². The Balaban J connectivity index is 1.09. The average molecular weight is 469 g/mol. The third-order valence-electron chi connectivity index (χ3n) is 6.32. The Labute approximate surface area is 204 Å². The fourth-order valence-corrected chi connectivity index (χ4v) is 4.47. The molecule has 35 heavy (non-hydrogen) atoms. The molecule has 178 valence electrons. The molecule has 3 amide bonds. The molecular formula is C27H28N6O2. The first-order valence-corrected chi connectivity index (χ1v) is 11.8. The zero-order valence-corrected chi connectivity index (χ0v) is 19.7. The van der Waals surface area contributed by atoms with Crippen LogP contribution in [0.5, 0.6) is 0 Å².